The molecule has 2 unspecified atom stereocenters. The van der Waals surface area contributed by atoms with Crippen LogP contribution in [-0.4, -0.2) is 52.8 Å². The molecule has 0 saturated carbocycles. The Hall–Kier alpha value is -4.22. The Labute approximate surface area is 199 Å². The highest BCUT2D eigenvalue weighted by Gasteiger charge is 2.24. The number of fused-ring (bicyclic) bond motifs is 1. The smallest absolute Gasteiger partial charge is 0.397 e. The fourth-order valence-electron chi connectivity index (χ4n) is 3.30. The average molecular weight is 482 g/mol. The number of halogens is 1. The average Bonchev–Trinajstić information content (AvgIpc) is 3.25. The molecule has 2 aromatic carbocycles. The molecule has 0 spiro atoms. The minimum absolute atomic E-state index is 0.0975. The first kappa shape index (κ1) is 23.9. The molecule has 0 aliphatic carbocycles. The molecule has 0 radical (unpaired) electrons. The molecule has 1 aliphatic rings. The lowest BCUT2D eigenvalue weighted by Gasteiger charge is -2.13. The van der Waals surface area contributed by atoms with Gasteiger partial charge in [0.1, 0.15) is 5.69 Å². The summed E-state index contributed by atoms with van der Waals surface area (Å²) in [5.41, 5.74) is 2.23. The van der Waals surface area contributed by atoms with Crippen LogP contribution in [0.5, 0.6) is 11.5 Å². The molecule has 5 N–H and O–H groups in total. The van der Waals surface area contributed by atoms with E-state index in [1.807, 2.05) is 0 Å². The molecular formula is C24H23FN4O6. The summed E-state index contributed by atoms with van der Waals surface area (Å²) in [5.74, 6) is -0.416. The number of para-hydroxylation sites is 1. The van der Waals surface area contributed by atoms with Crippen LogP contribution >= 0.6 is 0 Å². The zero-order valence-electron chi connectivity index (χ0n) is 18.4. The second-order valence-corrected chi connectivity index (χ2v) is 7.62. The van der Waals surface area contributed by atoms with Gasteiger partial charge in [-0.1, -0.05) is 12.1 Å². The summed E-state index contributed by atoms with van der Waals surface area (Å²) < 4.78 is 23.0. The van der Waals surface area contributed by atoms with Crippen LogP contribution in [0.4, 0.5) is 15.8 Å². The first-order chi connectivity index (χ1) is 16.9. The topological polar surface area (TPSA) is 142 Å². The number of aliphatic hydroxyl groups is 2. The molecule has 11 heteroatoms. The standard InChI is InChI=1S/C24H23FN4O6/c25-24-34-20-6-5-15(10-21(20)35-24)29-22(32)17-3-1-2-4-18(17)27-11-14-7-8-26-19(9-14)23(33)28-12-16(31)13-30/h1-10,16,24,27,30-31H,11-13H2,(H,28,33)(H,29,32). The van der Waals surface area contributed by atoms with Gasteiger partial charge >= 0.3 is 6.54 Å². The highest BCUT2D eigenvalue weighted by molar-refractivity contribution is 6.08. The summed E-state index contributed by atoms with van der Waals surface area (Å²) in [6.07, 6.45) is 0.430. The quantitative estimate of drug-likeness (QED) is 0.312. The summed E-state index contributed by atoms with van der Waals surface area (Å²) in [4.78, 5) is 29.2. The van der Waals surface area contributed by atoms with Crippen molar-refractivity contribution in [2.24, 2.45) is 0 Å². The van der Waals surface area contributed by atoms with Gasteiger partial charge in [-0.15, -0.1) is 0 Å². The number of carbonyl (C=O) groups excluding carboxylic acids is 2. The number of nitrogens with one attached hydrogen (secondary N) is 3. The van der Waals surface area contributed by atoms with Gasteiger partial charge in [-0.25, -0.2) is 0 Å². The van der Waals surface area contributed by atoms with E-state index in [-0.39, 0.29) is 29.6 Å². The van der Waals surface area contributed by atoms with Crippen molar-refractivity contribution in [1.29, 1.82) is 0 Å². The Morgan fingerprint density at radius 3 is 2.69 bits per heavy atom. The monoisotopic (exact) mass is 482 g/mol. The zero-order valence-corrected chi connectivity index (χ0v) is 18.4. The highest BCUT2D eigenvalue weighted by Crippen LogP contribution is 2.37. The van der Waals surface area contributed by atoms with Gasteiger partial charge < -0.3 is 35.6 Å². The van der Waals surface area contributed by atoms with Crippen LogP contribution < -0.4 is 25.4 Å². The number of hydrogen-bond acceptors (Lipinski definition) is 8. The summed E-state index contributed by atoms with van der Waals surface area (Å²) >= 11 is 0. The molecule has 0 saturated heterocycles. The van der Waals surface area contributed by atoms with Crippen molar-refractivity contribution in [3.8, 4) is 11.5 Å². The molecule has 1 aliphatic heterocycles. The van der Waals surface area contributed by atoms with Gasteiger partial charge in [-0.2, -0.15) is 4.39 Å². The number of ether oxygens (including phenoxy) is 2. The lowest BCUT2D eigenvalue weighted by Crippen LogP contribution is -2.34. The number of aliphatic hydroxyl groups excluding tert-OH is 2. The summed E-state index contributed by atoms with van der Waals surface area (Å²) in [6, 6.07) is 14.8. The Bertz CT molecular complexity index is 1220. The maximum Gasteiger partial charge on any atom is 0.397 e. The van der Waals surface area contributed by atoms with Crippen LogP contribution in [0.2, 0.25) is 0 Å². The van der Waals surface area contributed by atoms with Crippen LogP contribution in [0.3, 0.4) is 0 Å². The molecule has 4 rings (SSSR count). The van der Waals surface area contributed by atoms with E-state index in [1.54, 1.807) is 42.5 Å². The Morgan fingerprint density at radius 2 is 1.86 bits per heavy atom. The number of benzene rings is 2. The van der Waals surface area contributed by atoms with Crippen molar-refractivity contribution in [2.75, 3.05) is 23.8 Å². The van der Waals surface area contributed by atoms with Crippen LogP contribution in [-0.2, 0) is 6.54 Å². The summed E-state index contributed by atoms with van der Waals surface area (Å²) in [6.45, 7) is -2.13. The molecule has 2 heterocycles. The molecule has 0 bridgehead atoms. The number of carbonyl (C=O) groups is 2. The molecule has 35 heavy (non-hydrogen) atoms. The molecule has 2 atom stereocenters. The first-order valence-corrected chi connectivity index (χ1v) is 10.7. The number of pyridine rings is 1. The van der Waals surface area contributed by atoms with Crippen molar-refractivity contribution >= 4 is 23.2 Å². The summed E-state index contributed by atoms with van der Waals surface area (Å²) in [5, 5.41) is 26.7. The predicted octanol–water partition coefficient (Wildman–Crippen LogP) is 2.05. The maximum atomic E-state index is 13.2. The number of amides is 2. The highest BCUT2D eigenvalue weighted by atomic mass is 19.2. The third-order valence-corrected chi connectivity index (χ3v) is 5.06. The van der Waals surface area contributed by atoms with Crippen molar-refractivity contribution in [1.82, 2.24) is 10.3 Å². The number of rotatable bonds is 9. The molecule has 10 nitrogen and oxygen atoms in total. The van der Waals surface area contributed by atoms with Gasteiger partial charge in [0.05, 0.1) is 18.3 Å². The van der Waals surface area contributed by atoms with E-state index in [1.165, 1.54) is 18.3 Å². The van der Waals surface area contributed by atoms with Gasteiger partial charge in [0, 0.05) is 36.7 Å². The summed E-state index contributed by atoms with van der Waals surface area (Å²) in [7, 11) is 0. The lowest BCUT2D eigenvalue weighted by molar-refractivity contribution is -0.0652. The van der Waals surface area contributed by atoms with Crippen molar-refractivity contribution < 1.29 is 33.7 Å². The Morgan fingerprint density at radius 1 is 1.06 bits per heavy atom. The fraction of sp³-hybridized carbons (Fsp3) is 0.208. The maximum absolute atomic E-state index is 13.2. The van der Waals surface area contributed by atoms with Crippen LogP contribution in [0.25, 0.3) is 0 Å². The minimum atomic E-state index is -1.87. The Balaban J connectivity index is 1.41. The number of aromatic nitrogens is 1. The zero-order chi connectivity index (χ0) is 24.8. The van der Waals surface area contributed by atoms with E-state index in [2.05, 4.69) is 20.9 Å². The fourth-order valence-corrected chi connectivity index (χ4v) is 3.30. The Kier molecular flexibility index (Phi) is 7.38. The number of nitrogens with zero attached hydrogens (tertiary/aromatic N) is 1. The second kappa shape index (κ2) is 10.8. The van der Waals surface area contributed by atoms with E-state index in [0.717, 1.165) is 5.56 Å². The van der Waals surface area contributed by atoms with Crippen LogP contribution in [0.15, 0.2) is 60.8 Å². The normalized spacial score (nSPS) is 14.8. The minimum Gasteiger partial charge on any atom is -0.425 e. The number of alkyl halides is 1. The molecule has 2 amide bonds. The molecule has 0 fully saturated rings. The van der Waals surface area contributed by atoms with E-state index >= 15 is 0 Å². The van der Waals surface area contributed by atoms with E-state index in [4.69, 9.17) is 14.6 Å². The van der Waals surface area contributed by atoms with E-state index in [9.17, 15) is 19.1 Å². The van der Waals surface area contributed by atoms with Crippen LogP contribution in [0, 0.1) is 0 Å². The third kappa shape index (κ3) is 6.02. The second-order valence-electron chi connectivity index (χ2n) is 7.62. The molecule has 1 aromatic heterocycles. The van der Waals surface area contributed by atoms with Crippen molar-refractivity contribution in [3.05, 3.63) is 77.6 Å². The van der Waals surface area contributed by atoms with Gasteiger partial charge in [0.15, 0.2) is 11.5 Å². The van der Waals surface area contributed by atoms with Gasteiger partial charge in [0.2, 0.25) is 0 Å². The molecular weight excluding hydrogens is 459 g/mol. The molecule has 182 valence electrons. The van der Waals surface area contributed by atoms with Crippen molar-refractivity contribution in [3.63, 3.8) is 0 Å². The van der Waals surface area contributed by atoms with Gasteiger partial charge in [-0.3, -0.25) is 14.6 Å². The first-order valence-electron chi connectivity index (χ1n) is 10.7. The van der Waals surface area contributed by atoms with Gasteiger partial charge in [-0.05, 0) is 42.0 Å². The van der Waals surface area contributed by atoms with E-state index in [0.29, 0.717) is 23.5 Å². The van der Waals surface area contributed by atoms with Crippen molar-refractivity contribution in [2.45, 2.75) is 19.2 Å². The predicted molar refractivity (Wildman–Crippen MR) is 124 cm³/mol. The SMILES string of the molecule is O=C(NCC(O)CO)c1cc(CNc2ccccc2C(=O)Nc2ccc3c(c2)OC(F)O3)ccn1. The van der Waals surface area contributed by atoms with Gasteiger partial charge in [0.25, 0.3) is 11.8 Å². The molecule has 3 aromatic rings. The lowest BCUT2D eigenvalue weighted by atomic mass is 10.1. The largest absolute Gasteiger partial charge is 0.425 e. The number of hydrogen-bond donors (Lipinski definition) is 5. The third-order valence-electron chi connectivity index (χ3n) is 5.06. The van der Waals surface area contributed by atoms with E-state index < -0.39 is 25.2 Å². The number of anilines is 2. The van der Waals surface area contributed by atoms with Crippen LogP contribution in [0.1, 0.15) is 26.4 Å².